The Morgan fingerprint density at radius 1 is 1.30 bits per heavy atom. The average molecular weight is 410 g/mol. The van der Waals surface area contributed by atoms with Crippen molar-refractivity contribution in [1.82, 2.24) is 29.9 Å². The number of aryl methyl sites for hydroxylation is 1. The topological polar surface area (TPSA) is 80.4 Å². The summed E-state index contributed by atoms with van der Waals surface area (Å²) in [7, 11) is 0. The molecule has 3 aliphatic heterocycles. The van der Waals surface area contributed by atoms with Gasteiger partial charge >= 0.3 is 6.03 Å². The Bertz CT molecular complexity index is 968. The highest BCUT2D eigenvalue weighted by Crippen LogP contribution is 2.42. The van der Waals surface area contributed by atoms with E-state index in [9.17, 15) is 4.79 Å². The number of aromatic amines is 1. The first-order valence-electron chi connectivity index (χ1n) is 11.0. The van der Waals surface area contributed by atoms with Gasteiger partial charge in [0.15, 0.2) is 5.82 Å². The van der Waals surface area contributed by atoms with Gasteiger partial charge in [0, 0.05) is 36.4 Å². The average Bonchev–Trinajstić information content (AvgIpc) is 3.37. The highest BCUT2D eigenvalue weighted by atomic mass is 16.2. The number of nitrogens with one attached hydrogen (secondary N) is 2. The molecule has 5 heterocycles. The maximum absolute atomic E-state index is 13.7. The second-order valence-electron chi connectivity index (χ2n) is 9.44. The summed E-state index contributed by atoms with van der Waals surface area (Å²) >= 11 is 0. The molecule has 0 aromatic carbocycles. The van der Waals surface area contributed by atoms with Gasteiger partial charge in [0.05, 0.1) is 17.8 Å². The molecule has 2 amide bonds. The number of anilines is 2. The molecule has 2 aromatic rings. The number of urea groups is 1. The van der Waals surface area contributed by atoms with Gasteiger partial charge in [-0.2, -0.15) is 5.10 Å². The Kier molecular flexibility index (Phi) is 4.50. The van der Waals surface area contributed by atoms with E-state index >= 15 is 0 Å². The maximum Gasteiger partial charge on any atom is 0.321 e. The second-order valence-corrected chi connectivity index (χ2v) is 9.44. The van der Waals surface area contributed by atoms with Crippen molar-refractivity contribution < 1.29 is 4.79 Å². The Hall–Kier alpha value is -2.61. The Labute approximate surface area is 177 Å². The first kappa shape index (κ1) is 19.4. The van der Waals surface area contributed by atoms with Crippen molar-refractivity contribution in [3.05, 3.63) is 35.2 Å². The fourth-order valence-corrected chi connectivity index (χ4v) is 5.27. The van der Waals surface area contributed by atoms with E-state index in [1.54, 1.807) is 0 Å². The molecule has 160 valence electrons. The van der Waals surface area contributed by atoms with Crippen LogP contribution in [0.25, 0.3) is 0 Å². The van der Waals surface area contributed by atoms with Crippen LogP contribution in [0.2, 0.25) is 0 Å². The molecule has 2 N–H and O–H groups in total. The Balaban J connectivity index is 1.38. The molecule has 8 nitrogen and oxygen atoms in total. The van der Waals surface area contributed by atoms with Crippen LogP contribution in [0.5, 0.6) is 0 Å². The molecule has 30 heavy (non-hydrogen) atoms. The first-order chi connectivity index (χ1) is 14.3. The van der Waals surface area contributed by atoms with Gasteiger partial charge < -0.3 is 15.1 Å². The summed E-state index contributed by atoms with van der Waals surface area (Å²) in [4.78, 5) is 24.8. The highest BCUT2D eigenvalue weighted by molar-refractivity contribution is 5.78. The van der Waals surface area contributed by atoms with Gasteiger partial charge in [-0.15, -0.1) is 0 Å². The largest absolute Gasteiger partial charge is 0.323 e. The molecule has 0 aliphatic carbocycles. The zero-order valence-electron chi connectivity index (χ0n) is 18.3. The lowest BCUT2D eigenvalue weighted by atomic mass is 10.0. The van der Waals surface area contributed by atoms with Crippen LogP contribution in [-0.2, 0) is 12.1 Å². The number of carbonyl (C=O) groups is 1. The molecule has 2 atom stereocenters. The summed E-state index contributed by atoms with van der Waals surface area (Å²) in [6.45, 7) is 11.9. The normalized spacial score (nSPS) is 25.3. The summed E-state index contributed by atoms with van der Waals surface area (Å²) in [6, 6.07) is 6.74. The van der Waals surface area contributed by atoms with Crippen LogP contribution in [0.15, 0.2) is 18.2 Å². The van der Waals surface area contributed by atoms with Crippen LogP contribution in [0, 0.1) is 6.92 Å². The molecule has 0 bridgehead atoms. The summed E-state index contributed by atoms with van der Waals surface area (Å²) in [6.07, 6.45) is 2.44. The van der Waals surface area contributed by atoms with Crippen LogP contribution in [-0.4, -0.2) is 67.6 Å². The molecule has 5 rings (SSSR count). The SMILES string of the molecule is Cc1cccc(Nc2n[nH]c3c2CN(C(=O)N2CC4CCCN4C[C@@H]2C)C3(C)C)n1. The minimum absolute atomic E-state index is 0.128. The van der Waals surface area contributed by atoms with Crippen molar-refractivity contribution in [3.63, 3.8) is 0 Å². The molecule has 0 spiro atoms. The molecule has 0 saturated carbocycles. The Morgan fingerprint density at radius 3 is 2.93 bits per heavy atom. The van der Waals surface area contributed by atoms with Gasteiger partial charge in [0.2, 0.25) is 0 Å². The zero-order valence-corrected chi connectivity index (χ0v) is 18.3. The molecule has 2 aromatic heterocycles. The van der Waals surface area contributed by atoms with E-state index in [1.807, 2.05) is 30.0 Å². The fraction of sp³-hybridized carbons (Fsp3) is 0.591. The van der Waals surface area contributed by atoms with Crippen molar-refractivity contribution in [2.45, 2.75) is 64.7 Å². The lowest BCUT2D eigenvalue weighted by Crippen LogP contribution is -2.60. The van der Waals surface area contributed by atoms with Crippen LogP contribution in [0.1, 0.15) is 50.6 Å². The van der Waals surface area contributed by atoms with Gasteiger partial charge in [0.25, 0.3) is 0 Å². The van der Waals surface area contributed by atoms with E-state index in [1.165, 1.54) is 19.4 Å². The number of aromatic nitrogens is 3. The second kappa shape index (κ2) is 6.97. The van der Waals surface area contributed by atoms with Gasteiger partial charge in [-0.1, -0.05) is 6.07 Å². The summed E-state index contributed by atoms with van der Waals surface area (Å²) in [5.41, 5.74) is 2.55. The molecule has 2 fully saturated rings. The molecule has 8 heteroatoms. The number of piperazine rings is 1. The minimum atomic E-state index is -0.439. The van der Waals surface area contributed by atoms with E-state index in [4.69, 9.17) is 0 Å². The van der Waals surface area contributed by atoms with Gasteiger partial charge in [0.1, 0.15) is 5.82 Å². The lowest BCUT2D eigenvalue weighted by Gasteiger charge is -2.45. The number of nitrogens with zero attached hydrogens (tertiary/aromatic N) is 5. The van der Waals surface area contributed by atoms with E-state index in [0.29, 0.717) is 12.6 Å². The van der Waals surface area contributed by atoms with Crippen LogP contribution in [0.4, 0.5) is 16.4 Å². The number of hydrogen-bond donors (Lipinski definition) is 2. The van der Waals surface area contributed by atoms with E-state index in [-0.39, 0.29) is 12.1 Å². The van der Waals surface area contributed by atoms with Crippen molar-refractivity contribution >= 4 is 17.7 Å². The Morgan fingerprint density at radius 2 is 2.13 bits per heavy atom. The number of carbonyl (C=O) groups excluding carboxylic acids is 1. The van der Waals surface area contributed by atoms with Crippen molar-refractivity contribution in [1.29, 1.82) is 0 Å². The third-order valence-electron chi connectivity index (χ3n) is 7.02. The third-order valence-corrected chi connectivity index (χ3v) is 7.02. The third kappa shape index (κ3) is 3.05. The van der Waals surface area contributed by atoms with Gasteiger partial charge in [-0.05, 0) is 59.2 Å². The summed E-state index contributed by atoms with van der Waals surface area (Å²) in [5.74, 6) is 1.51. The summed E-state index contributed by atoms with van der Waals surface area (Å²) < 4.78 is 0. The minimum Gasteiger partial charge on any atom is -0.323 e. The fourth-order valence-electron chi connectivity index (χ4n) is 5.27. The highest BCUT2D eigenvalue weighted by Gasteiger charge is 2.47. The monoisotopic (exact) mass is 409 g/mol. The quantitative estimate of drug-likeness (QED) is 0.796. The molecular weight excluding hydrogens is 378 g/mol. The van der Waals surface area contributed by atoms with Crippen LogP contribution in [0.3, 0.4) is 0 Å². The van der Waals surface area contributed by atoms with Crippen molar-refractivity contribution in [2.75, 3.05) is 25.0 Å². The number of hydrogen-bond acceptors (Lipinski definition) is 5. The van der Waals surface area contributed by atoms with Gasteiger partial charge in [-0.25, -0.2) is 9.78 Å². The number of amides is 2. The van der Waals surface area contributed by atoms with Crippen LogP contribution >= 0.6 is 0 Å². The van der Waals surface area contributed by atoms with E-state index in [0.717, 1.165) is 41.7 Å². The molecule has 0 radical (unpaired) electrons. The molecular formula is C22H31N7O. The van der Waals surface area contributed by atoms with Crippen molar-refractivity contribution in [3.8, 4) is 0 Å². The van der Waals surface area contributed by atoms with E-state index in [2.05, 4.69) is 51.1 Å². The predicted octanol–water partition coefficient (Wildman–Crippen LogP) is 3.20. The number of rotatable bonds is 2. The zero-order chi connectivity index (χ0) is 21.0. The van der Waals surface area contributed by atoms with Crippen molar-refractivity contribution in [2.24, 2.45) is 0 Å². The number of pyridine rings is 1. The molecule has 1 unspecified atom stereocenters. The summed E-state index contributed by atoms with van der Waals surface area (Å²) in [5, 5.41) is 11.0. The number of fused-ring (bicyclic) bond motifs is 2. The predicted molar refractivity (Wildman–Crippen MR) is 116 cm³/mol. The first-order valence-corrected chi connectivity index (χ1v) is 11.0. The van der Waals surface area contributed by atoms with Gasteiger partial charge in [-0.3, -0.25) is 10.00 Å². The maximum atomic E-state index is 13.7. The smallest absolute Gasteiger partial charge is 0.321 e. The molecule has 2 saturated heterocycles. The standard InChI is InChI=1S/C22H31N7O/c1-14-7-5-9-18(23-14)24-20-17-13-29(22(3,4)19(17)25-26-20)21(30)28-12-16-8-6-10-27(16)11-15(28)2/h5,7,9,15-16H,6,8,10-13H2,1-4H3,(H2,23,24,25,26)/t15-,16?/m0/s1. The van der Waals surface area contributed by atoms with Crippen LogP contribution < -0.4 is 5.32 Å². The molecule has 3 aliphatic rings. The van der Waals surface area contributed by atoms with E-state index < -0.39 is 5.54 Å². The lowest BCUT2D eigenvalue weighted by molar-refractivity contribution is 0.0454. The number of H-pyrrole nitrogens is 1.